The SMILES string of the molecule is COc1ccccc1[C@@H](C)NC(=O)c1ccc(N(C)S(C)(=O)=O)cc1Cl. The highest BCUT2D eigenvalue weighted by Crippen LogP contribution is 2.27. The van der Waals surface area contributed by atoms with Crippen molar-refractivity contribution in [2.24, 2.45) is 0 Å². The molecule has 8 heteroatoms. The van der Waals surface area contributed by atoms with E-state index in [0.29, 0.717) is 11.4 Å². The predicted molar refractivity (Wildman–Crippen MR) is 104 cm³/mol. The lowest BCUT2D eigenvalue weighted by Gasteiger charge is -2.19. The lowest BCUT2D eigenvalue weighted by atomic mass is 10.1. The molecule has 0 aliphatic carbocycles. The number of nitrogens with one attached hydrogen (secondary N) is 1. The van der Waals surface area contributed by atoms with Gasteiger partial charge in [-0.1, -0.05) is 29.8 Å². The minimum absolute atomic E-state index is 0.169. The number of methoxy groups -OCH3 is 1. The van der Waals surface area contributed by atoms with Crippen molar-refractivity contribution in [1.82, 2.24) is 5.32 Å². The lowest BCUT2D eigenvalue weighted by Crippen LogP contribution is -2.28. The number of benzene rings is 2. The van der Waals surface area contributed by atoms with Crippen molar-refractivity contribution >= 4 is 33.2 Å². The molecule has 26 heavy (non-hydrogen) atoms. The Morgan fingerprint density at radius 1 is 1.23 bits per heavy atom. The van der Waals surface area contributed by atoms with Gasteiger partial charge in [-0.15, -0.1) is 0 Å². The van der Waals surface area contributed by atoms with E-state index >= 15 is 0 Å². The molecule has 1 N–H and O–H groups in total. The number of nitrogens with zero attached hydrogens (tertiary/aromatic N) is 1. The summed E-state index contributed by atoms with van der Waals surface area (Å²) in [6.45, 7) is 1.84. The highest BCUT2D eigenvalue weighted by molar-refractivity contribution is 7.92. The number of hydrogen-bond acceptors (Lipinski definition) is 4. The molecule has 6 nitrogen and oxygen atoms in total. The van der Waals surface area contributed by atoms with Gasteiger partial charge in [-0.05, 0) is 31.2 Å². The number of sulfonamides is 1. The fourth-order valence-electron chi connectivity index (χ4n) is 2.45. The average molecular weight is 397 g/mol. The molecule has 0 saturated carbocycles. The smallest absolute Gasteiger partial charge is 0.253 e. The number of amides is 1. The van der Waals surface area contributed by atoms with Crippen molar-refractivity contribution in [2.75, 3.05) is 24.7 Å². The van der Waals surface area contributed by atoms with Crippen molar-refractivity contribution < 1.29 is 17.9 Å². The summed E-state index contributed by atoms with van der Waals surface area (Å²) in [4.78, 5) is 12.6. The number of carbonyl (C=O) groups is 1. The van der Waals surface area contributed by atoms with Gasteiger partial charge in [0.15, 0.2) is 0 Å². The Balaban J connectivity index is 2.22. The zero-order chi connectivity index (χ0) is 19.5. The maximum absolute atomic E-state index is 12.6. The number of hydrogen-bond donors (Lipinski definition) is 1. The summed E-state index contributed by atoms with van der Waals surface area (Å²) in [5, 5.41) is 3.04. The molecule has 0 spiro atoms. The van der Waals surface area contributed by atoms with Crippen LogP contribution in [0.4, 0.5) is 5.69 Å². The van der Waals surface area contributed by atoms with Crippen LogP contribution in [0.1, 0.15) is 28.9 Å². The summed E-state index contributed by atoms with van der Waals surface area (Å²) in [5.41, 5.74) is 1.48. The third-order valence-corrected chi connectivity index (χ3v) is 5.53. The van der Waals surface area contributed by atoms with Crippen LogP contribution in [0.15, 0.2) is 42.5 Å². The Labute approximate surface area is 158 Å². The van der Waals surface area contributed by atoms with Crippen LogP contribution in [0.25, 0.3) is 0 Å². The second-order valence-electron chi connectivity index (χ2n) is 5.83. The largest absolute Gasteiger partial charge is 0.496 e. The molecular weight excluding hydrogens is 376 g/mol. The minimum atomic E-state index is -3.41. The van der Waals surface area contributed by atoms with E-state index in [1.165, 1.54) is 25.2 Å². The first-order valence-corrected chi connectivity index (χ1v) is 10.0. The number of ether oxygens (including phenoxy) is 1. The summed E-state index contributed by atoms with van der Waals surface area (Å²) in [5.74, 6) is 0.318. The van der Waals surface area contributed by atoms with Gasteiger partial charge in [0.25, 0.3) is 5.91 Å². The van der Waals surface area contributed by atoms with Gasteiger partial charge in [0, 0.05) is 12.6 Å². The predicted octanol–water partition coefficient (Wildman–Crippen LogP) is 3.24. The lowest BCUT2D eigenvalue weighted by molar-refractivity contribution is 0.0939. The third kappa shape index (κ3) is 4.47. The van der Waals surface area contributed by atoms with Gasteiger partial charge in [0.2, 0.25) is 10.0 Å². The van der Waals surface area contributed by atoms with Crippen molar-refractivity contribution in [3.63, 3.8) is 0 Å². The molecule has 0 saturated heterocycles. The van der Waals surface area contributed by atoms with Gasteiger partial charge < -0.3 is 10.1 Å². The summed E-state index contributed by atoms with van der Waals surface area (Å²) in [6, 6.07) is 11.6. The molecule has 140 valence electrons. The summed E-state index contributed by atoms with van der Waals surface area (Å²) < 4.78 is 29.6. The third-order valence-electron chi connectivity index (χ3n) is 4.01. The molecular formula is C18H21ClN2O4S. The summed E-state index contributed by atoms with van der Waals surface area (Å²) in [7, 11) is -0.416. The number of para-hydroxylation sites is 1. The van der Waals surface area contributed by atoms with Crippen molar-refractivity contribution in [3.8, 4) is 5.75 Å². The Morgan fingerprint density at radius 2 is 1.88 bits per heavy atom. The molecule has 0 aliphatic rings. The molecule has 0 bridgehead atoms. The molecule has 2 aromatic rings. The number of anilines is 1. The average Bonchev–Trinajstić information content (AvgIpc) is 2.59. The van der Waals surface area contributed by atoms with Crippen molar-refractivity contribution in [3.05, 3.63) is 58.6 Å². The Hall–Kier alpha value is -2.25. The molecule has 2 aromatic carbocycles. The van der Waals surface area contributed by atoms with E-state index in [2.05, 4.69) is 5.32 Å². The molecule has 1 atom stereocenters. The fraction of sp³-hybridized carbons (Fsp3) is 0.278. The number of halogens is 1. The molecule has 0 aliphatic heterocycles. The van der Waals surface area contributed by atoms with Gasteiger partial charge in [-0.3, -0.25) is 9.10 Å². The van der Waals surface area contributed by atoms with E-state index in [-0.39, 0.29) is 22.5 Å². The summed E-state index contributed by atoms with van der Waals surface area (Å²) in [6.07, 6.45) is 1.09. The van der Waals surface area contributed by atoms with Crippen LogP contribution in [0, 0.1) is 0 Å². The Kier molecular flexibility index (Phi) is 6.15. The molecule has 0 fully saturated rings. The zero-order valence-corrected chi connectivity index (χ0v) is 16.6. The van der Waals surface area contributed by atoms with Crippen LogP contribution in [-0.4, -0.2) is 34.7 Å². The second-order valence-corrected chi connectivity index (χ2v) is 8.25. The normalized spacial score (nSPS) is 12.3. The number of rotatable bonds is 6. The topological polar surface area (TPSA) is 75.7 Å². The van der Waals surface area contributed by atoms with Gasteiger partial charge in [0.1, 0.15) is 5.75 Å². The van der Waals surface area contributed by atoms with Crippen LogP contribution in [0.3, 0.4) is 0 Å². The van der Waals surface area contributed by atoms with Crippen molar-refractivity contribution in [1.29, 1.82) is 0 Å². The molecule has 0 radical (unpaired) electrons. The van der Waals surface area contributed by atoms with E-state index in [0.717, 1.165) is 16.1 Å². The van der Waals surface area contributed by atoms with Crippen LogP contribution < -0.4 is 14.4 Å². The Morgan fingerprint density at radius 3 is 2.46 bits per heavy atom. The van der Waals surface area contributed by atoms with Gasteiger partial charge in [-0.2, -0.15) is 0 Å². The summed E-state index contributed by atoms with van der Waals surface area (Å²) >= 11 is 6.20. The minimum Gasteiger partial charge on any atom is -0.496 e. The van der Waals surface area contributed by atoms with E-state index < -0.39 is 10.0 Å². The number of carbonyl (C=O) groups excluding carboxylic acids is 1. The molecule has 2 rings (SSSR count). The highest BCUT2D eigenvalue weighted by atomic mass is 35.5. The van der Waals surface area contributed by atoms with E-state index in [1.807, 2.05) is 31.2 Å². The van der Waals surface area contributed by atoms with E-state index in [9.17, 15) is 13.2 Å². The molecule has 0 unspecified atom stereocenters. The maximum atomic E-state index is 12.6. The fourth-order valence-corrected chi connectivity index (χ4v) is 3.21. The van der Waals surface area contributed by atoms with Gasteiger partial charge >= 0.3 is 0 Å². The van der Waals surface area contributed by atoms with Crippen LogP contribution in [-0.2, 0) is 10.0 Å². The monoisotopic (exact) mass is 396 g/mol. The molecule has 0 aromatic heterocycles. The van der Waals surface area contributed by atoms with Crippen LogP contribution in [0.5, 0.6) is 5.75 Å². The zero-order valence-electron chi connectivity index (χ0n) is 15.0. The second kappa shape index (κ2) is 7.97. The van der Waals surface area contributed by atoms with E-state index in [4.69, 9.17) is 16.3 Å². The standard InChI is InChI=1S/C18H21ClN2O4S/c1-12(14-7-5-6-8-17(14)25-3)20-18(22)15-10-9-13(11-16(15)19)21(2)26(4,23)24/h5-12H,1-4H3,(H,20,22)/t12-/m1/s1. The van der Waals surface area contributed by atoms with Crippen LogP contribution in [0.2, 0.25) is 5.02 Å². The molecule has 1 amide bonds. The first kappa shape index (κ1) is 20.1. The molecule has 0 heterocycles. The van der Waals surface area contributed by atoms with Crippen LogP contribution >= 0.6 is 11.6 Å². The Bertz CT molecular complexity index is 915. The van der Waals surface area contributed by atoms with Gasteiger partial charge in [-0.25, -0.2) is 8.42 Å². The first-order valence-electron chi connectivity index (χ1n) is 7.82. The van der Waals surface area contributed by atoms with E-state index in [1.54, 1.807) is 7.11 Å². The van der Waals surface area contributed by atoms with Crippen molar-refractivity contribution in [2.45, 2.75) is 13.0 Å². The highest BCUT2D eigenvalue weighted by Gasteiger charge is 2.19. The quantitative estimate of drug-likeness (QED) is 0.813. The maximum Gasteiger partial charge on any atom is 0.253 e. The van der Waals surface area contributed by atoms with Gasteiger partial charge in [0.05, 0.1) is 35.7 Å². The first-order chi connectivity index (χ1) is 12.1.